The molecule has 1 aromatic rings. The van der Waals surface area contributed by atoms with Crippen molar-refractivity contribution in [3.05, 3.63) is 21.3 Å². The van der Waals surface area contributed by atoms with E-state index < -0.39 is 6.04 Å². The molecule has 16 heavy (non-hydrogen) atoms. The molecule has 6 heteroatoms. The minimum absolute atomic E-state index is 0.114. The first-order valence-electron chi connectivity index (χ1n) is 4.92. The monoisotopic (exact) mass is 257 g/mol. The molecule has 3 heterocycles. The number of likely N-dealkylation sites (tertiary alicyclic amines) is 1. The van der Waals surface area contributed by atoms with Crippen LogP contribution in [0.4, 0.5) is 0 Å². The Hall–Kier alpha value is -1.07. The molecule has 84 valence electrons. The number of rotatable bonds is 1. The summed E-state index contributed by atoms with van der Waals surface area (Å²) in [5.41, 5.74) is 0. The molecule has 0 radical (unpaired) electrons. The van der Waals surface area contributed by atoms with Gasteiger partial charge in [-0.1, -0.05) is 11.6 Å². The van der Waals surface area contributed by atoms with Crippen molar-refractivity contribution in [2.45, 2.75) is 18.6 Å². The molecule has 0 N–H and O–H groups in total. The molecule has 2 atom stereocenters. The Labute approximate surface area is 101 Å². The van der Waals surface area contributed by atoms with Crippen molar-refractivity contribution in [3.8, 4) is 0 Å². The molecule has 3 rings (SSSR count). The summed E-state index contributed by atoms with van der Waals surface area (Å²) in [6.07, 6.45) is 0.515. The standard InChI is InChI=1S/C10H8ClNO3S/c11-8-2-1-7(16-8)9(13)12-4-5-3-6(12)10(14)15-5/h1-2,5-6H,3-4H2/t5-,6+/m1/s1. The van der Waals surface area contributed by atoms with E-state index in [2.05, 4.69) is 0 Å². The minimum Gasteiger partial charge on any atom is -0.459 e. The molecule has 4 nitrogen and oxygen atoms in total. The van der Waals surface area contributed by atoms with Crippen LogP contribution in [0.5, 0.6) is 0 Å². The van der Waals surface area contributed by atoms with Crippen LogP contribution in [0.2, 0.25) is 4.34 Å². The maximum absolute atomic E-state index is 12.1. The van der Waals surface area contributed by atoms with Crippen LogP contribution in [0.1, 0.15) is 16.1 Å². The molecule has 2 bridgehead atoms. The van der Waals surface area contributed by atoms with Gasteiger partial charge in [0.1, 0.15) is 12.1 Å². The molecule has 0 saturated carbocycles. The number of thiophene rings is 1. The molecule has 1 amide bonds. The first-order chi connectivity index (χ1) is 7.65. The number of esters is 1. The largest absolute Gasteiger partial charge is 0.459 e. The first-order valence-corrected chi connectivity index (χ1v) is 6.11. The molecule has 0 unspecified atom stereocenters. The third-order valence-corrected chi connectivity index (χ3v) is 4.08. The molecule has 2 aliphatic rings. The second-order valence-electron chi connectivity index (χ2n) is 3.87. The van der Waals surface area contributed by atoms with Crippen molar-refractivity contribution in [2.75, 3.05) is 6.54 Å². The average molecular weight is 258 g/mol. The zero-order valence-corrected chi connectivity index (χ0v) is 9.75. The summed E-state index contributed by atoms with van der Waals surface area (Å²) < 4.78 is 5.61. The number of carbonyl (C=O) groups excluding carboxylic acids is 2. The van der Waals surface area contributed by atoms with Gasteiger partial charge in [0.05, 0.1) is 15.8 Å². The number of halogens is 1. The highest BCUT2D eigenvalue weighted by atomic mass is 35.5. The zero-order chi connectivity index (χ0) is 11.3. The van der Waals surface area contributed by atoms with Crippen LogP contribution in [0.25, 0.3) is 0 Å². The van der Waals surface area contributed by atoms with Crippen molar-refractivity contribution >= 4 is 34.8 Å². The Bertz CT molecular complexity index is 472. The molecule has 0 aromatic carbocycles. The Morgan fingerprint density at radius 3 is 2.94 bits per heavy atom. The Morgan fingerprint density at radius 1 is 1.56 bits per heavy atom. The van der Waals surface area contributed by atoms with E-state index >= 15 is 0 Å². The highest BCUT2D eigenvalue weighted by Gasteiger charge is 2.48. The number of hydrogen-bond donors (Lipinski definition) is 0. The fraction of sp³-hybridized carbons (Fsp3) is 0.400. The molecule has 0 spiro atoms. The van der Waals surface area contributed by atoms with Gasteiger partial charge in [0.15, 0.2) is 0 Å². The number of ether oxygens (including phenoxy) is 1. The van der Waals surface area contributed by atoms with Crippen LogP contribution in [0, 0.1) is 0 Å². The maximum Gasteiger partial charge on any atom is 0.329 e. The normalized spacial score (nSPS) is 27.3. The van der Waals surface area contributed by atoms with Crippen LogP contribution in [0.15, 0.2) is 12.1 Å². The number of carbonyl (C=O) groups is 2. The van der Waals surface area contributed by atoms with Crippen LogP contribution < -0.4 is 0 Å². The fourth-order valence-electron chi connectivity index (χ4n) is 2.14. The van der Waals surface area contributed by atoms with Gasteiger partial charge in [0, 0.05) is 6.42 Å². The van der Waals surface area contributed by atoms with Gasteiger partial charge >= 0.3 is 5.97 Å². The van der Waals surface area contributed by atoms with Crippen LogP contribution in [0.3, 0.4) is 0 Å². The van der Waals surface area contributed by atoms with Gasteiger partial charge in [-0.3, -0.25) is 4.79 Å². The van der Waals surface area contributed by atoms with Crippen molar-refractivity contribution < 1.29 is 14.3 Å². The predicted octanol–water partition coefficient (Wildman–Crippen LogP) is 1.54. The third kappa shape index (κ3) is 1.43. The van der Waals surface area contributed by atoms with Gasteiger partial charge in [-0.2, -0.15) is 0 Å². The summed E-state index contributed by atoms with van der Waals surface area (Å²) in [4.78, 5) is 25.6. The van der Waals surface area contributed by atoms with Crippen molar-refractivity contribution in [2.24, 2.45) is 0 Å². The molecule has 0 aliphatic carbocycles. The number of amides is 1. The molecular weight excluding hydrogens is 250 g/mol. The van der Waals surface area contributed by atoms with Gasteiger partial charge in [-0.25, -0.2) is 4.79 Å². The second kappa shape index (κ2) is 3.46. The van der Waals surface area contributed by atoms with E-state index in [-0.39, 0.29) is 18.0 Å². The SMILES string of the molecule is O=C1O[C@@H]2C[C@@H]1N(C(=O)c1ccc(Cl)s1)C2. The molecule has 1 aromatic heterocycles. The summed E-state index contributed by atoms with van der Waals surface area (Å²) in [7, 11) is 0. The first kappa shape index (κ1) is 10.1. The Kier molecular flexibility index (Phi) is 2.19. The number of fused-ring (bicyclic) bond motifs is 2. The van der Waals surface area contributed by atoms with E-state index in [9.17, 15) is 9.59 Å². The maximum atomic E-state index is 12.1. The van der Waals surface area contributed by atoms with E-state index in [1.165, 1.54) is 11.3 Å². The Balaban J connectivity index is 1.84. The summed E-state index contributed by atoms with van der Waals surface area (Å²) in [6, 6.07) is 2.98. The van der Waals surface area contributed by atoms with Crippen molar-refractivity contribution in [1.82, 2.24) is 4.90 Å². The van der Waals surface area contributed by atoms with Gasteiger partial charge in [0.2, 0.25) is 0 Å². The second-order valence-corrected chi connectivity index (χ2v) is 5.59. The quantitative estimate of drug-likeness (QED) is 0.717. The lowest BCUT2D eigenvalue weighted by atomic mass is 10.2. The van der Waals surface area contributed by atoms with Crippen molar-refractivity contribution in [1.29, 1.82) is 0 Å². The fourth-order valence-corrected chi connectivity index (χ4v) is 3.14. The molecule has 2 aliphatic heterocycles. The highest BCUT2D eigenvalue weighted by Crippen LogP contribution is 2.32. The lowest BCUT2D eigenvalue weighted by Crippen LogP contribution is -2.44. The molecule has 2 fully saturated rings. The van der Waals surface area contributed by atoms with Gasteiger partial charge in [-0.05, 0) is 12.1 Å². The predicted molar refractivity (Wildman–Crippen MR) is 58.7 cm³/mol. The van der Waals surface area contributed by atoms with Crippen molar-refractivity contribution in [3.63, 3.8) is 0 Å². The lowest BCUT2D eigenvalue weighted by molar-refractivity contribution is -0.149. The van der Waals surface area contributed by atoms with Crippen LogP contribution in [-0.2, 0) is 9.53 Å². The van der Waals surface area contributed by atoms with Gasteiger partial charge in [0.25, 0.3) is 5.91 Å². The number of nitrogens with zero attached hydrogens (tertiary/aromatic N) is 1. The molecular formula is C10H8ClNO3S. The number of hydrogen-bond acceptors (Lipinski definition) is 4. The smallest absolute Gasteiger partial charge is 0.329 e. The summed E-state index contributed by atoms with van der Waals surface area (Å²) >= 11 is 7.01. The van der Waals surface area contributed by atoms with Crippen LogP contribution >= 0.6 is 22.9 Å². The topological polar surface area (TPSA) is 46.6 Å². The van der Waals surface area contributed by atoms with E-state index in [1.807, 2.05) is 0 Å². The summed E-state index contributed by atoms with van der Waals surface area (Å²) in [6.45, 7) is 0.505. The van der Waals surface area contributed by atoms with E-state index in [0.29, 0.717) is 22.2 Å². The lowest BCUT2D eigenvalue weighted by Gasteiger charge is -2.25. The van der Waals surface area contributed by atoms with Gasteiger partial charge in [-0.15, -0.1) is 11.3 Å². The summed E-state index contributed by atoms with van der Waals surface area (Å²) in [5, 5.41) is 0. The average Bonchev–Trinajstić information content (AvgIpc) is 2.90. The highest BCUT2D eigenvalue weighted by molar-refractivity contribution is 7.17. The minimum atomic E-state index is -0.390. The third-order valence-electron chi connectivity index (χ3n) is 2.86. The zero-order valence-electron chi connectivity index (χ0n) is 8.18. The van der Waals surface area contributed by atoms with E-state index in [4.69, 9.17) is 16.3 Å². The molecule has 2 saturated heterocycles. The summed E-state index contributed by atoms with van der Waals surface area (Å²) in [5.74, 6) is -0.409. The Morgan fingerprint density at radius 2 is 2.38 bits per heavy atom. The van der Waals surface area contributed by atoms with E-state index in [1.54, 1.807) is 17.0 Å². The van der Waals surface area contributed by atoms with Crippen LogP contribution in [-0.4, -0.2) is 35.5 Å². The van der Waals surface area contributed by atoms with Gasteiger partial charge < -0.3 is 9.64 Å². The van der Waals surface area contributed by atoms with E-state index in [0.717, 1.165) is 0 Å². The number of morpholine rings is 1.